The summed E-state index contributed by atoms with van der Waals surface area (Å²) in [6.07, 6.45) is 1.23. The van der Waals surface area contributed by atoms with E-state index in [9.17, 15) is 4.79 Å². The number of amides is 1. The molecular formula is C19H14ClN3O. The summed E-state index contributed by atoms with van der Waals surface area (Å²) in [6.45, 7) is 3.45. The lowest BCUT2D eigenvalue weighted by molar-refractivity contribution is -0.111. The Kier molecular flexibility index (Phi) is 4.37. The van der Waals surface area contributed by atoms with E-state index in [0.29, 0.717) is 16.4 Å². The van der Waals surface area contributed by atoms with Gasteiger partial charge in [-0.05, 0) is 54.5 Å². The predicted octanol–water partition coefficient (Wildman–Crippen LogP) is 3.75. The highest BCUT2D eigenvalue weighted by Crippen LogP contribution is 2.22. The lowest BCUT2D eigenvalue weighted by atomic mass is 10.1. The van der Waals surface area contributed by atoms with Gasteiger partial charge in [0.2, 0.25) is 5.91 Å². The van der Waals surface area contributed by atoms with Gasteiger partial charge in [0.15, 0.2) is 0 Å². The zero-order chi connectivity index (χ0) is 17.1. The zero-order valence-electron chi connectivity index (χ0n) is 13.0. The zero-order valence-corrected chi connectivity index (χ0v) is 13.8. The molecule has 1 aromatic heterocycles. The molecule has 0 saturated carbocycles. The number of aryl methyl sites for hydroxylation is 1. The minimum Gasteiger partial charge on any atom is -0.323 e. The Balaban J connectivity index is 2.01. The molecule has 1 amide bonds. The number of hydrogen-bond acceptors (Lipinski definition) is 2. The Morgan fingerprint density at radius 1 is 1.25 bits per heavy atom. The molecule has 1 heterocycles. The number of hydrogen-bond donors (Lipinski definition) is 1. The second-order valence-electron chi connectivity index (χ2n) is 5.15. The molecule has 5 heteroatoms. The summed E-state index contributed by atoms with van der Waals surface area (Å²) in [4.78, 5) is 11.5. The molecule has 0 spiro atoms. The number of nitrogens with one attached hydrogen (secondary N) is 1. The molecular weight excluding hydrogens is 322 g/mol. The summed E-state index contributed by atoms with van der Waals surface area (Å²) < 4.78 is 1.76. The smallest absolute Gasteiger partial charge is 0.247 e. The van der Waals surface area contributed by atoms with Crippen LogP contribution < -0.4 is 5.32 Å². The van der Waals surface area contributed by atoms with Crippen LogP contribution in [0.15, 0.2) is 55.1 Å². The van der Waals surface area contributed by atoms with E-state index in [1.807, 2.05) is 37.4 Å². The largest absolute Gasteiger partial charge is 0.323 e. The SMILES string of the molecule is C=CC(=O)Nc1ccc2c(c1)c(C#Cc1ccc(Cl)cc1)nn2C. The summed E-state index contributed by atoms with van der Waals surface area (Å²) in [7, 11) is 1.86. The van der Waals surface area contributed by atoms with Crippen molar-refractivity contribution in [1.82, 2.24) is 9.78 Å². The number of fused-ring (bicyclic) bond motifs is 1. The second-order valence-corrected chi connectivity index (χ2v) is 5.59. The van der Waals surface area contributed by atoms with Crippen molar-refractivity contribution < 1.29 is 4.79 Å². The van der Waals surface area contributed by atoms with Crippen LogP contribution in [0.1, 0.15) is 11.3 Å². The van der Waals surface area contributed by atoms with Crippen LogP contribution in [-0.2, 0) is 11.8 Å². The molecule has 0 aliphatic carbocycles. The van der Waals surface area contributed by atoms with E-state index in [1.54, 1.807) is 16.8 Å². The summed E-state index contributed by atoms with van der Waals surface area (Å²) in [5, 5.41) is 8.74. The summed E-state index contributed by atoms with van der Waals surface area (Å²) in [5.74, 6) is 5.90. The van der Waals surface area contributed by atoms with Crippen LogP contribution in [0.5, 0.6) is 0 Å². The maximum absolute atomic E-state index is 11.5. The molecule has 0 bridgehead atoms. The van der Waals surface area contributed by atoms with Gasteiger partial charge in [0, 0.05) is 28.7 Å². The average Bonchev–Trinajstić information content (AvgIpc) is 2.90. The van der Waals surface area contributed by atoms with Gasteiger partial charge in [0.05, 0.1) is 5.52 Å². The van der Waals surface area contributed by atoms with Gasteiger partial charge in [0.1, 0.15) is 5.69 Å². The number of carbonyl (C=O) groups excluding carboxylic acids is 1. The number of benzene rings is 2. The highest BCUT2D eigenvalue weighted by molar-refractivity contribution is 6.30. The number of halogens is 1. The molecule has 118 valence electrons. The molecule has 0 aliphatic rings. The van der Waals surface area contributed by atoms with Gasteiger partial charge >= 0.3 is 0 Å². The normalized spacial score (nSPS) is 10.1. The van der Waals surface area contributed by atoms with Gasteiger partial charge < -0.3 is 5.32 Å². The predicted molar refractivity (Wildman–Crippen MR) is 97.0 cm³/mol. The van der Waals surface area contributed by atoms with Crippen molar-refractivity contribution in [3.05, 3.63) is 71.4 Å². The van der Waals surface area contributed by atoms with Crippen LogP contribution in [0.25, 0.3) is 10.9 Å². The van der Waals surface area contributed by atoms with Crippen molar-refractivity contribution in [3.63, 3.8) is 0 Å². The highest BCUT2D eigenvalue weighted by Gasteiger charge is 2.08. The molecule has 24 heavy (non-hydrogen) atoms. The van der Waals surface area contributed by atoms with Gasteiger partial charge in [-0.1, -0.05) is 24.1 Å². The standard InChI is InChI=1S/C19H14ClN3O/c1-3-19(24)21-15-9-11-18-16(12-15)17(22-23(18)2)10-6-13-4-7-14(20)8-5-13/h3-5,7-9,11-12H,1H2,2H3,(H,21,24). The average molecular weight is 336 g/mol. The minimum atomic E-state index is -0.257. The minimum absolute atomic E-state index is 0.257. The number of rotatable bonds is 2. The number of carbonyl (C=O) groups is 1. The first kappa shape index (κ1) is 15.9. The number of nitrogens with zero attached hydrogens (tertiary/aromatic N) is 2. The van der Waals surface area contributed by atoms with Crippen LogP contribution in [-0.4, -0.2) is 15.7 Å². The van der Waals surface area contributed by atoms with Crippen molar-refractivity contribution in [1.29, 1.82) is 0 Å². The Morgan fingerprint density at radius 3 is 2.71 bits per heavy atom. The monoisotopic (exact) mass is 335 g/mol. The van der Waals surface area contributed by atoms with Gasteiger partial charge in [0.25, 0.3) is 0 Å². The lowest BCUT2D eigenvalue weighted by Crippen LogP contribution is -2.06. The molecule has 3 rings (SSSR count). The van der Waals surface area contributed by atoms with Crippen LogP contribution in [0.2, 0.25) is 5.02 Å². The van der Waals surface area contributed by atoms with Crippen molar-refractivity contribution >= 4 is 34.1 Å². The van der Waals surface area contributed by atoms with E-state index in [0.717, 1.165) is 16.5 Å². The van der Waals surface area contributed by atoms with E-state index in [1.165, 1.54) is 6.08 Å². The fraction of sp³-hybridized carbons (Fsp3) is 0.0526. The van der Waals surface area contributed by atoms with Gasteiger partial charge in [-0.3, -0.25) is 9.48 Å². The lowest BCUT2D eigenvalue weighted by Gasteiger charge is -2.02. The van der Waals surface area contributed by atoms with Crippen LogP contribution in [0.3, 0.4) is 0 Å². The molecule has 0 unspecified atom stereocenters. The van der Waals surface area contributed by atoms with Crippen molar-refractivity contribution in [2.75, 3.05) is 5.32 Å². The molecule has 3 aromatic rings. The highest BCUT2D eigenvalue weighted by atomic mass is 35.5. The molecule has 0 atom stereocenters. The fourth-order valence-electron chi connectivity index (χ4n) is 2.29. The summed E-state index contributed by atoms with van der Waals surface area (Å²) in [5.41, 5.74) is 3.12. The van der Waals surface area contributed by atoms with Crippen molar-refractivity contribution in [2.24, 2.45) is 7.05 Å². The molecule has 2 aromatic carbocycles. The van der Waals surface area contributed by atoms with E-state index in [4.69, 9.17) is 11.6 Å². The summed E-state index contributed by atoms with van der Waals surface area (Å²) >= 11 is 5.88. The molecule has 0 aliphatic heterocycles. The van der Waals surface area contributed by atoms with Crippen LogP contribution in [0.4, 0.5) is 5.69 Å². The summed E-state index contributed by atoms with van der Waals surface area (Å²) in [6, 6.07) is 12.9. The first-order chi connectivity index (χ1) is 11.6. The van der Waals surface area contributed by atoms with Crippen molar-refractivity contribution in [3.8, 4) is 11.8 Å². The van der Waals surface area contributed by atoms with E-state index < -0.39 is 0 Å². The third kappa shape index (κ3) is 3.32. The Hall–Kier alpha value is -3.03. The molecule has 0 radical (unpaired) electrons. The van der Waals surface area contributed by atoms with Gasteiger partial charge in [-0.2, -0.15) is 5.10 Å². The molecule has 0 fully saturated rings. The molecule has 4 nitrogen and oxygen atoms in total. The topological polar surface area (TPSA) is 46.9 Å². The first-order valence-corrected chi connectivity index (χ1v) is 7.62. The third-order valence-corrected chi connectivity index (χ3v) is 3.72. The first-order valence-electron chi connectivity index (χ1n) is 7.24. The molecule has 1 N–H and O–H groups in total. The van der Waals surface area contributed by atoms with E-state index in [2.05, 4.69) is 28.8 Å². The second kappa shape index (κ2) is 6.61. The van der Waals surface area contributed by atoms with Crippen molar-refractivity contribution in [2.45, 2.75) is 0 Å². The van der Waals surface area contributed by atoms with Gasteiger partial charge in [-0.15, -0.1) is 0 Å². The fourth-order valence-corrected chi connectivity index (χ4v) is 2.42. The third-order valence-electron chi connectivity index (χ3n) is 3.47. The Labute approximate surface area is 144 Å². The number of aromatic nitrogens is 2. The van der Waals surface area contributed by atoms with E-state index >= 15 is 0 Å². The van der Waals surface area contributed by atoms with E-state index in [-0.39, 0.29) is 5.91 Å². The molecule has 0 saturated heterocycles. The van der Waals surface area contributed by atoms with Gasteiger partial charge in [-0.25, -0.2) is 0 Å². The Bertz CT molecular complexity index is 991. The quantitative estimate of drug-likeness (QED) is 0.572. The van der Waals surface area contributed by atoms with Crippen LogP contribution in [0, 0.1) is 11.8 Å². The van der Waals surface area contributed by atoms with Crippen LogP contribution >= 0.6 is 11.6 Å². The Morgan fingerprint density at radius 2 is 2.00 bits per heavy atom. The number of anilines is 1. The maximum Gasteiger partial charge on any atom is 0.247 e. The maximum atomic E-state index is 11.5.